The van der Waals surface area contributed by atoms with E-state index in [0.717, 1.165) is 11.1 Å². The summed E-state index contributed by atoms with van der Waals surface area (Å²) in [5.74, 6) is -1.98. The average molecular weight is 1170 g/mol. The molecule has 1 aromatic carbocycles. The van der Waals surface area contributed by atoms with E-state index >= 15 is 0 Å². The van der Waals surface area contributed by atoms with Crippen LogP contribution in [0.2, 0.25) is 0 Å². The third-order valence-electron chi connectivity index (χ3n) is 11.8. The normalized spacial score (nSPS) is 16.5. The van der Waals surface area contributed by atoms with Crippen LogP contribution in [0.4, 0.5) is 4.79 Å². The highest BCUT2D eigenvalue weighted by Crippen LogP contribution is 2.19. The van der Waals surface area contributed by atoms with E-state index in [1.54, 1.807) is 27.9 Å². The van der Waals surface area contributed by atoms with Crippen LogP contribution < -0.4 is 10.6 Å². The molecule has 1 heterocycles. The summed E-state index contributed by atoms with van der Waals surface area (Å²) in [5.41, 5.74) is -1.70. The Morgan fingerprint density at radius 2 is 0.866 bits per heavy atom. The molecule has 472 valence electrons. The van der Waals surface area contributed by atoms with Gasteiger partial charge in [-0.3, -0.25) is 43.6 Å². The van der Waals surface area contributed by atoms with Gasteiger partial charge in [-0.2, -0.15) is 0 Å². The standard InChI is InChI=1S/C60H106N6O16/c1-56(2,3)78-50(67)42-63-25-26-64(43-51(68)79-57(4,5)6)29-30-66(45-53(70)81-59(10,11)12)48(41-65(28-27-63)44-52(69)80-58(7,8)9)40-47-22-20-46(21-23-47)18-17-19-49(62-55(72)82-60(13,14)15)54(71)61-24-31-74-34-35-76-38-39-77-37-36-75-33-32-73-16/h20-23,48-49H,17-19,24-45H2,1-16H3,(H,61,71)(H,62,72)/t48?,49-/m0/s1. The zero-order chi connectivity index (χ0) is 61.6. The number of ether oxygens (including phenoxy) is 10. The summed E-state index contributed by atoms with van der Waals surface area (Å²) in [6.45, 7) is 33.5. The number of carbonyl (C=O) groups is 6. The van der Waals surface area contributed by atoms with Crippen molar-refractivity contribution in [2.45, 2.75) is 170 Å². The van der Waals surface area contributed by atoms with Crippen molar-refractivity contribution in [3.8, 4) is 0 Å². The minimum absolute atomic E-state index is 0.00882. The Hall–Kier alpha value is -4.52. The van der Waals surface area contributed by atoms with Crippen molar-refractivity contribution in [3.63, 3.8) is 0 Å². The van der Waals surface area contributed by atoms with Gasteiger partial charge in [0.1, 0.15) is 34.0 Å². The van der Waals surface area contributed by atoms with Crippen LogP contribution in [0.15, 0.2) is 24.3 Å². The molecule has 22 heteroatoms. The van der Waals surface area contributed by atoms with Crippen LogP contribution in [-0.4, -0.2) is 241 Å². The van der Waals surface area contributed by atoms with Gasteiger partial charge in [0.2, 0.25) is 5.91 Å². The first-order chi connectivity index (χ1) is 38.2. The summed E-state index contributed by atoms with van der Waals surface area (Å²) in [7, 11) is 1.62. The molecule has 0 aliphatic carbocycles. The Morgan fingerprint density at radius 3 is 1.30 bits per heavy atom. The highest BCUT2D eigenvalue weighted by Gasteiger charge is 2.32. The van der Waals surface area contributed by atoms with Gasteiger partial charge in [-0.15, -0.1) is 0 Å². The van der Waals surface area contributed by atoms with E-state index in [0.29, 0.717) is 124 Å². The molecule has 0 radical (unpaired) electrons. The number of amides is 2. The minimum atomic E-state index is -0.868. The fraction of sp³-hybridized carbons (Fsp3) is 0.800. The molecule has 2 rings (SSSR count). The Kier molecular flexibility index (Phi) is 33.2. The fourth-order valence-electron chi connectivity index (χ4n) is 8.43. The molecule has 1 aliphatic heterocycles. The van der Waals surface area contributed by atoms with E-state index in [9.17, 15) is 28.8 Å². The van der Waals surface area contributed by atoms with E-state index in [2.05, 4.69) is 15.5 Å². The van der Waals surface area contributed by atoms with Gasteiger partial charge in [0, 0.05) is 65.5 Å². The molecule has 1 aromatic rings. The van der Waals surface area contributed by atoms with Gasteiger partial charge in [-0.25, -0.2) is 4.79 Å². The van der Waals surface area contributed by atoms with E-state index in [1.807, 2.05) is 122 Å². The van der Waals surface area contributed by atoms with Crippen molar-refractivity contribution in [1.29, 1.82) is 0 Å². The Labute approximate surface area is 490 Å². The summed E-state index contributed by atoms with van der Waals surface area (Å²) in [4.78, 5) is 88.7. The number of carbonyl (C=O) groups excluding carboxylic acids is 6. The van der Waals surface area contributed by atoms with Crippen LogP contribution in [-0.2, 0) is 84.2 Å². The molecular formula is C60H106N6O16. The highest BCUT2D eigenvalue weighted by molar-refractivity contribution is 5.85. The molecular weight excluding hydrogens is 1060 g/mol. The highest BCUT2D eigenvalue weighted by atomic mass is 16.6. The zero-order valence-corrected chi connectivity index (χ0v) is 53.0. The van der Waals surface area contributed by atoms with Crippen molar-refractivity contribution >= 4 is 35.9 Å². The first kappa shape index (κ1) is 73.6. The van der Waals surface area contributed by atoms with Crippen LogP contribution >= 0.6 is 0 Å². The van der Waals surface area contributed by atoms with E-state index in [-0.39, 0.29) is 51.3 Å². The molecule has 2 atom stereocenters. The summed E-state index contributed by atoms with van der Waals surface area (Å²) in [5, 5.41) is 5.63. The number of rotatable bonds is 31. The quantitative estimate of drug-likeness (QED) is 0.0551. The Balaban J connectivity index is 2.37. The number of hydrogen-bond acceptors (Lipinski definition) is 20. The van der Waals surface area contributed by atoms with Crippen molar-refractivity contribution in [3.05, 3.63) is 35.4 Å². The summed E-state index contributed by atoms with van der Waals surface area (Å²) >= 11 is 0. The maximum absolute atomic E-state index is 13.8. The second-order valence-electron chi connectivity index (χ2n) is 25.6. The first-order valence-electron chi connectivity index (χ1n) is 29.1. The maximum atomic E-state index is 13.8. The SMILES string of the molecule is COCCOCCOCCOCCOCCNC(=O)[C@H](CCCc1ccc(CC2CN(CC(=O)OC(C)(C)C)CCN(CC(=O)OC(C)(C)C)CCN(CC(=O)OC(C)(C)C)CCN2CC(=O)OC(C)(C)C)cc1)NC(=O)OC(C)(C)C. The summed E-state index contributed by atoms with van der Waals surface area (Å²) in [6, 6.07) is 6.90. The van der Waals surface area contributed by atoms with E-state index in [4.69, 9.17) is 47.4 Å². The van der Waals surface area contributed by atoms with E-state index in [1.165, 1.54) is 0 Å². The second kappa shape index (κ2) is 37.0. The Bertz CT molecular complexity index is 2030. The maximum Gasteiger partial charge on any atom is 0.408 e. The lowest BCUT2D eigenvalue weighted by atomic mass is 9.99. The van der Waals surface area contributed by atoms with Crippen LogP contribution in [0.5, 0.6) is 0 Å². The van der Waals surface area contributed by atoms with Crippen LogP contribution in [0.1, 0.15) is 128 Å². The predicted octanol–water partition coefficient (Wildman–Crippen LogP) is 5.23. The van der Waals surface area contributed by atoms with Crippen molar-refractivity contribution in [2.24, 2.45) is 0 Å². The summed E-state index contributed by atoms with van der Waals surface area (Å²) < 4.78 is 55.7. The number of methoxy groups -OCH3 is 1. The predicted molar refractivity (Wildman–Crippen MR) is 312 cm³/mol. The summed E-state index contributed by atoms with van der Waals surface area (Å²) in [6.07, 6.45) is 1.25. The van der Waals surface area contributed by atoms with Crippen molar-refractivity contribution in [2.75, 3.05) is 145 Å². The van der Waals surface area contributed by atoms with Crippen molar-refractivity contribution in [1.82, 2.24) is 30.2 Å². The number of benzene rings is 1. The number of alkyl carbamates (subject to hydrolysis) is 1. The molecule has 82 heavy (non-hydrogen) atoms. The van der Waals surface area contributed by atoms with Gasteiger partial charge in [0.25, 0.3) is 0 Å². The molecule has 1 saturated heterocycles. The molecule has 1 aliphatic rings. The monoisotopic (exact) mass is 1170 g/mol. The minimum Gasteiger partial charge on any atom is -0.459 e. The zero-order valence-electron chi connectivity index (χ0n) is 53.0. The molecule has 1 unspecified atom stereocenters. The smallest absolute Gasteiger partial charge is 0.408 e. The third kappa shape index (κ3) is 38.4. The lowest BCUT2D eigenvalue weighted by Gasteiger charge is -2.39. The number of nitrogens with zero attached hydrogens (tertiary/aromatic N) is 4. The number of aryl methyl sites for hydroxylation is 1. The van der Waals surface area contributed by atoms with Crippen LogP contribution in [0.25, 0.3) is 0 Å². The second-order valence-corrected chi connectivity index (χ2v) is 25.6. The number of hydrogen-bond donors (Lipinski definition) is 2. The third-order valence-corrected chi connectivity index (χ3v) is 11.8. The van der Waals surface area contributed by atoms with Gasteiger partial charge >= 0.3 is 30.0 Å². The number of nitrogens with one attached hydrogen (secondary N) is 2. The van der Waals surface area contributed by atoms with E-state index < -0.39 is 64.0 Å². The molecule has 0 spiro atoms. The molecule has 0 aromatic heterocycles. The van der Waals surface area contributed by atoms with Gasteiger partial charge in [0.15, 0.2) is 0 Å². The Morgan fingerprint density at radius 1 is 0.488 bits per heavy atom. The van der Waals surface area contributed by atoms with Gasteiger partial charge in [0.05, 0.1) is 85.6 Å². The average Bonchev–Trinajstić information content (AvgIpc) is 3.36. The van der Waals surface area contributed by atoms with Gasteiger partial charge < -0.3 is 58.0 Å². The molecule has 2 amide bonds. The molecule has 2 N–H and O–H groups in total. The van der Waals surface area contributed by atoms with Crippen molar-refractivity contribution < 1.29 is 76.1 Å². The number of esters is 4. The molecule has 22 nitrogen and oxygen atoms in total. The van der Waals surface area contributed by atoms with Gasteiger partial charge in [-0.1, -0.05) is 24.3 Å². The lowest BCUT2D eigenvalue weighted by molar-refractivity contribution is -0.160. The first-order valence-corrected chi connectivity index (χ1v) is 29.1. The van der Waals surface area contributed by atoms with Crippen LogP contribution in [0.3, 0.4) is 0 Å². The largest absolute Gasteiger partial charge is 0.459 e. The fourth-order valence-corrected chi connectivity index (χ4v) is 8.43. The van der Waals surface area contributed by atoms with Crippen LogP contribution in [0, 0.1) is 0 Å². The molecule has 0 bridgehead atoms. The molecule has 1 fully saturated rings. The molecule has 0 saturated carbocycles. The topological polar surface area (TPSA) is 232 Å². The lowest BCUT2D eigenvalue weighted by Crippen LogP contribution is -2.54. The van der Waals surface area contributed by atoms with Gasteiger partial charge in [-0.05, 0) is 141 Å².